The lowest BCUT2D eigenvalue weighted by molar-refractivity contribution is 0.442. The first-order chi connectivity index (χ1) is 20.8. The van der Waals surface area contributed by atoms with E-state index in [-0.39, 0.29) is 5.41 Å². The fraction of sp³-hybridized carbons (Fsp3) is 0.353. The van der Waals surface area contributed by atoms with Gasteiger partial charge in [0.2, 0.25) is 0 Å². The summed E-state index contributed by atoms with van der Waals surface area (Å²) in [4.78, 5) is 8.13. The van der Waals surface area contributed by atoms with Gasteiger partial charge in [-0.3, -0.25) is 0 Å². The molecule has 0 aliphatic heterocycles. The molecular weight excluding hydrogens is 625 g/mol. The Bertz CT molecular complexity index is 2120. The summed E-state index contributed by atoms with van der Waals surface area (Å²) in [5.74, 6) is 0.605. The van der Waals surface area contributed by atoms with Crippen molar-refractivity contribution in [1.29, 1.82) is 0 Å². The maximum Gasteiger partial charge on any atom is 0.114 e. The minimum absolute atomic E-state index is 0.0352. The minimum Gasteiger partial charge on any atom is -0.173 e. The van der Waals surface area contributed by atoms with E-state index in [9.17, 15) is 0 Å². The third-order valence-corrected chi connectivity index (χ3v) is 14.6. The van der Waals surface area contributed by atoms with E-state index in [1.54, 1.807) is 0 Å². The summed E-state index contributed by atoms with van der Waals surface area (Å²) in [5.41, 5.74) is 9.10. The molecule has 0 aliphatic carbocycles. The number of rotatable bonds is 8. The van der Waals surface area contributed by atoms with Crippen LogP contribution < -0.4 is 0 Å². The molecule has 0 N–H and O–H groups in total. The zero-order valence-corrected chi connectivity index (χ0v) is 29.6. The zero-order valence-electron chi connectivity index (χ0n) is 25.5. The second-order valence-corrected chi connectivity index (χ2v) is 16.2. The second kappa shape index (κ2) is 11.1. The van der Waals surface area contributed by atoms with E-state index in [0.717, 1.165) is 51.2 Å². The number of aryl methyl sites for hydroxylation is 2. The Kier molecular flexibility index (Phi) is 7.53. The van der Waals surface area contributed by atoms with Crippen molar-refractivity contribution in [1.82, 2.24) is 17.5 Å². The van der Waals surface area contributed by atoms with Gasteiger partial charge in [0.05, 0.1) is 23.5 Å². The number of hydrogen-bond donors (Lipinski definition) is 0. The molecule has 5 heterocycles. The van der Waals surface area contributed by atoms with E-state index in [1.165, 1.54) is 75.8 Å². The molecule has 43 heavy (non-hydrogen) atoms. The Labute approximate surface area is 273 Å². The molecule has 0 bridgehead atoms. The van der Waals surface area contributed by atoms with Gasteiger partial charge in [-0.1, -0.05) is 34.6 Å². The average molecular weight is 659 g/mol. The highest BCUT2D eigenvalue weighted by Gasteiger charge is 2.29. The van der Waals surface area contributed by atoms with Crippen LogP contribution in [0.2, 0.25) is 0 Å². The smallest absolute Gasteiger partial charge is 0.114 e. The lowest BCUT2D eigenvalue weighted by Crippen LogP contribution is -2.20. The van der Waals surface area contributed by atoms with E-state index in [2.05, 4.69) is 84.9 Å². The molecule has 0 saturated carbocycles. The summed E-state index contributed by atoms with van der Waals surface area (Å²) in [7, 11) is 0. The van der Waals surface area contributed by atoms with Gasteiger partial charge < -0.3 is 0 Å². The fourth-order valence-electron chi connectivity index (χ4n) is 5.97. The Morgan fingerprint density at radius 2 is 1.26 bits per heavy atom. The number of benzene rings is 2. The predicted molar refractivity (Wildman–Crippen MR) is 192 cm³/mol. The molecule has 2 aromatic carbocycles. The molecule has 0 spiro atoms. The Morgan fingerprint density at radius 3 is 1.93 bits per heavy atom. The van der Waals surface area contributed by atoms with Crippen molar-refractivity contribution in [3.05, 3.63) is 58.0 Å². The molecule has 7 aromatic rings. The van der Waals surface area contributed by atoms with Crippen LogP contribution in [-0.2, 0) is 5.41 Å². The van der Waals surface area contributed by atoms with E-state index < -0.39 is 0 Å². The van der Waals surface area contributed by atoms with Crippen LogP contribution >= 0.6 is 57.5 Å². The number of thiophene rings is 3. The van der Waals surface area contributed by atoms with Gasteiger partial charge in [-0.15, -0.1) is 34.0 Å². The minimum atomic E-state index is 0.0352. The van der Waals surface area contributed by atoms with Crippen molar-refractivity contribution in [3.63, 3.8) is 0 Å². The van der Waals surface area contributed by atoms with Gasteiger partial charge in [-0.05, 0) is 97.5 Å². The standard InChI is InChI=1S/C34H34N4S5/c1-8-17(4)26-13-18(5)32(40-26)24-11-12-25(39-24)33-19(6)14-27(41-33)22-15-20-21(28-30(22)37-42-35-28)16-23(34(7,9-2)10-3)31-29(20)36-43-38-31/h11-17H,8-10H2,1-7H3. The molecule has 0 saturated heterocycles. The van der Waals surface area contributed by atoms with Gasteiger partial charge in [0.1, 0.15) is 22.1 Å². The van der Waals surface area contributed by atoms with Crippen LogP contribution in [0.4, 0.5) is 0 Å². The van der Waals surface area contributed by atoms with E-state index in [0.29, 0.717) is 5.92 Å². The first-order valence-corrected chi connectivity index (χ1v) is 18.8. The summed E-state index contributed by atoms with van der Waals surface area (Å²) < 4.78 is 19.3. The highest BCUT2D eigenvalue weighted by molar-refractivity contribution is 7.27. The highest BCUT2D eigenvalue weighted by atomic mass is 32.1. The summed E-state index contributed by atoms with van der Waals surface area (Å²) >= 11 is 8.33. The van der Waals surface area contributed by atoms with Gasteiger partial charge in [0, 0.05) is 45.6 Å². The molecule has 1 unspecified atom stereocenters. The summed E-state index contributed by atoms with van der Waals surface area (Å²) in [6, 6.07) is 13.9. The van der Waals surface area contributed by atoms with Crippen molar-refractivity contribution in [2.75, 3.05) is 0 Å². The average Bonchev–Trinajstić information content (AvgIpc) is 3.85. The molecule has 7 rings (SSSR count). The largest absolute Gasteiger partial charge is 0.173 e. The summed E-state index contributed by atoms with van der Waals surface area (Å²) in [6.45, 7) is 16.0. The Morgan fingerprint density at radius 1 is 0.674 bits per heavy atom. The first-order valence-electron chi connectivity index (χ1n) is 14.9. The van der Waals surface area contributed by atoms with Crippen molar-refractivity contribution in [3.8, 4) is 29.9 Å². The number of fused-ring (bicyclic) bond motifs is 5. The summed E-state index contributed by atoms with van der Waals surface area (Å²) in [5, 5.41) is 2.25. The fourth-order valence-corrected chi connectivity index (χ4v) is 11.0. The molecule has 0 aliphatic rings. The van der Waals surface area contributed by atoms with Crippen LogP contribution in [0.25, 0.3) is 62.8 Å². The van der Waals surface area contributed by atoms with Crippen LogP contribution in [0, 0.1) is 13.8 Å². The molecular formula is C34H34N4S5. The molecule has 0 fully saturated rings. The number of aromatic nitrogens is 4. The van der Waals surface area contributed by atoms with Crippen LogP contribution in [0.3, 0.4) is 0 Å². The maximum atomic E-state index is 4.85. The van der Waals surface area contributed by atoms with Crippen LogP contribution in [0.15, 0.2) is 36.4 Å². The van der Waals surface area contributed by atoms with E-state index in [4.69, 9.17) is 17.5 Å². The molecule has 1 atom stereocenters. The van der Waals surface area contributed by atoms with Gasteiger partial charge in [-0.2, -0.15) is 17.5 Å². The molecule has 220 valence electrons. The molecule has 9 heteroatoms. The molecule has 0 amide bonds. The normalized spacial score (nSPS) is 13.2. The van der Waals surface area contributed by atoms with Crippen molar-refractivity contribution in [2.45, 2.75) is 79.1 Å². The van der Waals surface area contributed by atoms with Crippen molar-refractivity contribution in [2.24, 2.45) is 0 Å². The van der Waals surface area contributed by atoms with Crippen LogP contribution in [0.1, 0.15) is 81.4 Å². The maximum absolute atomic E-state index is 4.85. The zero-order chi connectivity index (χ0) is 30.0. The SMILES string of the molecule is CCC(C)c1cc(C)c(-c2ccc(-c3sc(-c4cc5c(cc(C(C)(CC)CC)c6nsnc65)c5nsnc45)cc3C)s2)s1. The predicted octanol–water partition coefficient (Wildman–Crippen LogP) is 12.2. The monoisotopic (exact) mass is 658 g/mol. The van der Waals surface area contributed by atoms with Crippen LogP contribution in [0.5, 0.6) is 0 Å². The topological polar surface area (TPSA) is 51.6 Å². The van der Waals surface area contributed by atoms with E-state index in [1.807, 2.05) is 34.0 Å². The van der Waals surface area contributed by atoms with Gasteiger partial charge in [0.25, 0.3) is 0 Å². The van der Waals surface area contributed by atoms with Crippen LogP contribution in [-0.4, -0.2) is 17.5 Å². The Hall–Kier alpha value is -2.56. The molecule has 5 aromatic heterocycles. The first kappa shape index (κ1) is 29.2. The number of hydrogen-bond acceptors (Lipinski definition) is 9. The number of nitrogens with zero attached hydrogens (tertiary/aromatic N) is 4. The lowest BCUT2D eigenvalue weighted by atomic mass is 9.76. The van der Waals surface area contributed by atoms with Gasteiger partial charge in [0.15, 0.2) is 0 Å². The third-order valence-electron chi connectivity index (χ3n) is 9.35. The van der Waals surface area contributed by atoms with Gasteiger partial charge in [-0.25, -0.2) is 0 Å². The lowest BCUT2D eigenvalue weighted by Gasteiger charge is -2.28. The second-order valence-electron chi connectivity index (χ2n) is 11.9. The van der Waals surface area contributed by atoms with Crippen molar-refractivity contribution >= 4 is 90.3 Å². The molecule has 0 radical (unpaired) electrons. The highest BCUT2D eigenvalue weighted by Crippen LogP contribution is 2.48. The quantitative estimate of drug-likeness (QED) is 0.163. The molecule has 4 nitrogen and oxygen atoms in total. The third kappa shape index (κ3) is 4.70. The van der Waals surface area contributed by atoms with Gasteiger partial charge >= 0.3 is 0 Å². The summed E-state index contributed by atoms with van der Waals surface area (Å²) in [6.07, 6.45) is 3.27. The van der Waals surface area contributed by atoms with E-state index >= 15 is 0 Å². The Balaban J connectivity index is 1.35. The van der Waals surface area contributed by atoms with Crippen molar-refractivity contribution < 1.29 is 0 Å².